The zero-order valence-corrected chi connectivity index (χ0v) is 17.2. The SMILES string of the molecule is CC1c2ccc(CCC(=O)O)cc2CCN1c1cc(OC2CCC2)cc(F)c1Cl. The van der Waals surface area contributed by atoms with Crippen molar-refractivity contribution in [1.82, 2.24) is 0 Å². The summed E-state index contributed by atoms with van der Waals surface area (Å²) in [6.07, 6.45) is 4.80. The van der Waals surface area contributed by atoms with E-state index in [2.05, 4.69) is 24.0 Å². The Bertz CT molecular complexity index is 929. The highest BCUT2D eigenvalue weighted by molar-refractivity contribution is 6.33. The number of carbonyl (C=O) groups is 1. The normalized spacial score (nSPS) is 18.9. The lowest BCUT2D eigenvalue weighted by atomic mass is 9.90. The van der Waals surface area contributed by atoms with Crippen LogP contribution in [0.25, 0.3) is 0 Å². The molecule has 4 rings (SSSR count). The van der Waals surface area contributed by atoms with E-state index in [1.165, 1.54) is 11.6 Å². The number of carboxylic acid groups (broad SMARTS) is 1. The molecule has 2 aromatic rings. The van der Waals surface area contributed by atoms with Gasteiger partial charge in [-0.1, -0.05) is 29.8 Å². The Balaban J connectivity index is 1.58. The Kier molecular flexibility index (Phi) is 5.68. The summed E-state index contributed by atoms with van der Waals surface area (Å²) in [7, 11) is 0. The monoisotopic (exact) mass is 417 g/mol. The third kappa shape index (κ3) is 4.20. The molecule has 1 atom stereocenters. The topological polar surface area (TPSA) is 49.8 Å². The average molecular weight is 418 g/mol. The van der Waals surface area contributed by atoms with Crippen LogP contribution in [0.5, 0.6) is 5.75 Å². The highest BCUT2D eigenvalue weighted by atomic mass is 35.5. The minimum atomic E-state index is -0.789. The molecule has 0 radical (unpaired) electrons. The van der Waals surface area contributed by atoms with Crippen LogP contribution in [0, 0.1) is 5.82 Å². The minimum absolute atomic E-state index is 0.0307. The van der Waals surface area contributed by atoms with Gasteiger partial charge in [0.05, 0.1) is 22.9 Å². The maximum absolute atomic E-state index is 14.5. The van der Waals surface area contributed by atoms with E-state index < -0.39 is 11.8 Å². The number of hydrogen-bond donors (Lipinski definition) is 1. The fourth-order valence-electron chi connectivity index (χ4n) is 4.13. The van der Waals surface area contributed by atoms with Crippen molar-refractivity contribution >= 4 is 23.3 Å². The standard InChI is InChI=1S/C23H25ClFNO3/c1-14-19-7-5-15(6-8-22(27)28)11-16(19)9-10-26(14)21-13-18(12-20(25)23(21)24)29-17-3-2-4-17/h5,7,11-14,17H,2-4,6,8-10H2,1H3,(H,27,28). The van der Waals surface area contributed by atoms with E-state index in [0.29, 0.717) is 24.4 Å². The van der Waals surface area contributed by atoms with Crippen LogP contribution in [0.3, 0.4) is 0 Å². The van der Waals surface area contributed by atoms with Crippen LogP contribution in [0.4, 0.5) is 10.1 Å². The molecule has 1 fully saturated rings. The fraction of sp³-hybridized carbons (Fsp3) is 0.435. The second-order valence-corrected chi connectivity index (χ2v) is 8.33. The Morgan fingerprint density at radius 3 is 2.79 bits per heavy atom. The molecule has 154 valence electrons. The number of halogens is 2. The van der Waals surface area contributed by atoms with Crippen molar-refractivity contribution in [3.63, 3.8) is 0 Å². The van der Waals surface area contributed by atoms with E-state index in [0.717, 1.165) is 36.8 Å². The molecule has 2 aromatic carbocycles. The van der Waals surface area contributed by atoms with E-state index in [4.69, 9.17) is 21.4 Å². The van der Waals surface area contributed by atoms with Crippen molar-refractivity contribution in [2.45, 2.75) is 57.6 Å². The van der Waals surface area contributed by atoms with Gasteiger partial charge in [-0.3, -0.25) is 4.79 Å². The molecule has 1 unspecified atom stereocenters. The van der Waals surface area contributed by atoms with Crippen LogP contribution in [0.2, 0.25) is 5.02 Å². The number of fused-ring (bicyclic) bond motifs is 1. The molecule has 0 saturated heterocycles. The number of ether oxygens (including phenoxy) is 1. The highest BCUT2D eigenvalue weighted by Crippen LogP contribution is 2.41. The molecule has 1 N–H and O–H groups in total. The number of benzene rings is 2. The molecule has 1 aliphatic heterocycles. The first-order valence-corrected chi connectivity index (χ1v) is 10.6. The molecule has 0 bridgehead atoms. The van der Waals surface area contributed by atoms with Gasteiger partial charge in [-0.25, -0.2) is 4.39 Å². The van der Waals surface area contributed by atoms with Crippen LogP contribution >= 0.6 is 11.6 Å². The van der Waals surface area contributed by atoms with Gasteiger partial charge in [0.2, 0.25) is 0 Å². The lowest BCUT2D eigenvalue weighted by Gasteiger charge is -2.38. The number of hydrogen-bond acceptors (Lipinski definition) is 3. The number of rotatable bonds is 6. The van der Waals surface area contributed by atoms with Crippen molar-refractivity contribution < 1.29 is 19.0 Å². The molecule has 0 amide bonds. The maximum Gasteiger partial charge on any atom is 0.303 e. The van der Waals surface area contributed by atoms with Crippen molar-refractivity contribution in [2.75, 3.05) is 11.4 Å². The summed E-state index contributed by atoms with van der Waals surface area (Å²) in [5, 5.41) is 9.03. The van der Waals surface area contributed by atoms with Crippen LogP contribution in [0.1, 0.15) is 55.3 Å². The summed E-state index contributed by atoms with van der Waals surface area (Å²) >= 11 is 6.34. The summed E-state index contributed by atoms with van der Waals surface area (Å²) in [6.45, 7) is 2.80. The smallest absolute Gasteiger partial charge is 0.303 e. The van der Waals surface area contributed by atoms with Crippen molar-refractivity contribution in [3.05, 3.63) is 57.9 Å². The van der Waals surface area contributed by atoms with Crippen molar-refractivity contribution in [3.8, 4) is 5.75 Å². The van der Waals surface area contributed by atoms with Crippen LogP contribution in [-0.4, -0.2) is 23.7 Å². The quantitative estimate of drug-likeness (QED) is 0.669. The molecule has 1 aliphatic carbocycles. The average Bonchev–Trinajstić information content (AvgIpc) is 2.66. The summed E-state index contributed by atoms with van der Waals surface area (Å²) in [5.74, 6) is -0.711. The molecule has 0 spiro atoms. The van der Waals surface area contributed by atoms with Gasteiger partial charge in [0.1, 0.15) is 11.6 Å². The van der Waals surface area contributed by atoms with Crippen molar-refractivity contribution in [2.24, 2.45) is 0 Å². The van der Waals surface area contributed by atoms with Crippen LogP contribution < -0.4 is 9.64 Å². The van der Waals surface area contributed by atoms with E-state index in [9.17, 15) is 9.18 Å². The van der Waals surface area contributed by atoms with Gasteiger partial charge in [-0.15, -0.1) is 0 Å². The maximum atomic E-state index is 14.5. The first-order valence-electron chi connectivity index (χ1n) is 10.2. The second kappa shape index (κ2) is 8.23. The van der Waals surface area contributed by atoms with Gasteiger partial charge in [0.15, 0.2) is 0 Å². The first-order chi connectivity index (χ1) is 13.9. The lowest BCUT2D eigenvalue weighted by Crippen LogP contribution is -2.34. The number of aliphatic carboxylic acids is 1. The zero-order valence-electron chi connectivity index (χ0n) is 16.5. The summed E-state index contributed by atoms with van der Waals surface area (Å²) in [4.78, 5) is 13.0. The largest absolute Gasteiger partial charge is 0.490 e. The Labute approximate surface area is 175 Å². The molecule has 0 aromatic heterocycles. The highest BCUT2D eigenvalue weighted by Gasteiger charge is 2.28. The van der Waals surface area contributed by atoms with Gasteiger partial charge in [0.25, 0.3) is 0 Å². The lowest BCUT2D eigenvalue weighted by molar-refractivity contribution is -0.136. The van der Waals surface area contributed by atoms with E-state index in [1.807, 2.05) is 12.1 Å². The van der Waals surface area contributed by atoms with Gasteiger partial charge in [-0.05, 0) is 55.7 Å². The van der Waals surface area contributed by atoms with Crippen LogP contribution in [0.15, 0.2) is 30.3 Å². The summed E-state index contributed by atoms with van der Waals surface area (Å²) < 4.78 is 20.4. The predicted octanol–water partition coefficient (Wildman–Crippen LogP) is 5.55. The Morgan fingerprint density at radius 1 is 1.31 bits per heavy atom. The Morgan fingerprint density at radius 2 is 2.10 bits per heavy atom. The molecule has 1 heterocycles. The second-order valence-electron chi connectivity index (χ2n) is 7.96. The third-order valence-corrected chi connectivity index (χ3v) is 6.40. The third-order valence-electron chi connectivity index (χ3n) is 6.02. The molecule has 2 aliphatic rings. The van der Waals surface area contributed by atoms with Gasteiger partial charge in [-0.2, -0.15) is 0 Å². The van der Waals surface area contributed by atoms with Gasteiger partial charge >= 0.3 is 5.97 Å². The molecule has 29 heavy (non-hydrogen) atoms. The molecule has 1 saturated carbocycles. The molecular formula is C23H25ClFNO3. The number of carboxylic acids is 1. The minimum Gasteiger partial charge on any atom is -0.490 e. The first kappa shape index (κ1) is 20.0. The van der Waals surface area contributed by atoms with E-state index in [1.54, 1.807) is 0 Å². The van der Waals surface area contributed by atoms with E-state index in [-0.39, 0.29) is 23.6 Å². The number of aryl methyl sites for hydroxylation is 1. The summed E-state index contributed by atoms with van der Waals surface area (Å²) in [6, 6.07) is 9.41. The summed E-state index contributed by atoms with van der Waals surface area (Å²) in [5.41, 5.74) is 4.08. The zero-order chi connectivity index (χ0) is 20.5. The van der Waals surface area contributed by atoms with Gasteiger partial charge < -0.3 is 14.7 Å². The van der Waals surface area contributed by atoms with E-state index >= 15 is 0 Å². The fourth-order valence-corrected chi connectivity index (χ4v) is 4.35. The predicted molar refractivity (Wildman–Crippen MR) is 112 cm³/mol. The number of nitrogens with zero attached hydrogens (tertiary/aromatic N) is 1. The number of anilines is 1. The molecule has 4 nitrogen and oxygen atoms in total. The Hall–Kier alpha value is -2.27. The van der Waals surface area contributed by atoms with Gasteiger partial charge in [0, 0.05) is 25.1 Å². The molecular weight excluding hydrogens is 393 g/mol. The van der Waals surface area contributed by atoms with Crippen molar-refractivity contribution in [1.29, 1.82) is 0 Å². The molecule has 6 heteroatoms. The van der Waals surface area contributed by atoms with Crippen LogP contribution in [-0.2, 0) is 17.6 Å².